The van der Waals surface area contributed by atoms with Crippen LogP contribution in [0.1, 0.15) is 16.6 Å². The van der Waals surface area contributed by atoms with Gasteiger partial charge in [-0.25, -0.2) is 17.1 Å². The minimum atomic E-state index is -3.76. The standard InChI is InChI=1S/C19H19FN2O4S2/c1-4-26-15-7-6-14(11-18(15)28(24,25)22(2)3)21-19(23)17-10-12-9-13(20)5-8-16(12)27-17/h5-11H,4H2,1-3H3,(H,21,23). The number of anilines is 1. The highest BCUT2D eigenvalue weighted by Crippen LogP contribution is 2.31. The molecule has 0 saturated carbocycles. The minimum Gasteiger partial charge on any atom is -0.492 e. The van der Waals surface area contributed by atoms with Crippen molar-refractivity contribution >= 4 is 43.0 Å². The lowest BCUT2D eigenvalue weighted by Gasteiger charge is -2.16. The van der Waals surface area contributed by atoms with E-state index in [1.807, 2.05) is 0 Å². The Hall–Kier alpha value is -2.49. The number of thiophene rings is 1. The fourth-order valence-corrected chi connectivity index (χ4v) is 4.57. The highest BCUT2D eigenvalue weighted by atomic mass is 32.2. The van der Waals surface area contributed by atoms with Crippen LogP contribution in [0.3, 0.4) is 0 Å². The van der Waals surface area contributed by atoms with E-state index in [0.717, 1.165) is 9.01 Å². The quantitative estimate of drug-likeness (QED) is 0.653. The number of ether oxygens (including phenoxy) is 1. The lowest BCUT2D eigenvalue weighted by atomic mass is 10.2. The van der Waals surface area contributed by atoms with Crippen molar-refractivity contribution in [1.29, 1.82) is 0 Å². The molecule has 3 aromatic rings. The second-order valence-corrected chi connectivity index (χ2v) is 9.33. The fraction of sp³-hybridized carbons (Fsp3) is 0.211. The minimum absolute atomic E-state index is 0.0319. The Kier molecular flexibility index (Phi) is 5.69. The summed E-state index contributed by atoms with van der Waals surface area (Å²) in [6.07, 6.45) is 0. The molecular formula is C19H19FN2O4S2. The molecule has 0 aliphatic heterocycles. The zero-order valence-corrected chi connectivity index (χ0v) is 17.2. The van der Waals surface area contributed by atoms with Crippen LogP contribution in [0.4, 0.5) is 10.1 Å². The van der Waals surface area contributed by atoms with Gasteiger partial charge in [-0.1, -0.05) is 0 Å². The molecule has 0 saturated heterocycles. The molecule has 1 aromatic heterocycles. The van der Waals surface area contributed by atoms with Crippen molar-refractivity contribution in [2.24, 2.45) is 0 Å². The third kappa shape index (κ3) is 4.01. The Labute approximate surface area is 166 Å². The summed E-state index contributed by atoms with van der Waals surface area (Å²) in [6, 6.07) is 10.4. The number of halogens is 1. The van der Waals surface area contributed by atoms with Gasteiger partial charge in [0, 0.05) is 24.5 Å². The molecule has 0 atom stereocenters. The number of sulfonamides is 1. The van der Waals surface area contributed by atoms with Crippen LogP contribution in [0.15, 0.2) is 47.4 Å². The van der Waals surface area contributed by atoms with Crippen LogP contribution in [-0.4, -0.2) is 39.3 Å². The van der Waals surface area contributed by atoms with Crippen LogP contribution >= 0.6 is 11.3 Å². The van der Waals surface area contributed by atoms with Crippen LogP contribution in [-0.2, 0) is 10.0 Å². The average Bonchev–Trinajstić information content (AvgIpc) is 3.06. The van der Waals surface area contributed by atoms with Crippen molar-refractivity contribution in [3.63, 3.8) is 0 Å². The summed E-state index contributed by atoms with van der Waals surface area (Å²) in [5, 5.41) is 3.33. The molecular weight excluding hydrogens is 403 g/mol. The molecule has 0 aliphatic carbocycles. The molecule has 6 nitrogen and oxygen atoms in total. The number of fused-ring (bicyclic) bond motifs is 1. The van der Waals surface area contributed by atoms with Crippen molar-refractivity contribution in [2.45, 2.75) is 11.8 Å². The van der Waals surface area contributed by atoms with Crippen LogP contribution in [0.2, 0.25) is 0 Å². The van der Waals surface area contributed by atoms with Crippen molar-refractivity contribution in [1.82, 2.24) is 4.31 Å². The first-order chi connectivity index (χ1) is 13.2. The molecule has 148 valence electrons. The molecule has 2 aromatic carbocycles. The molecule has 28 heavy (non-hydrogen) atoms. The number of hydrogen-bond acceptors (Lipinski definition) is 5. The molecule has 0 fully saturated rings. The number of hydrogen-bond donors (Lipinski definition) is 1. The van der Waals surface area contributed by atoms with Crippen molar-refractivity contribution in [3.05, 3.63) is 53.2 Å². The topological polar surface area (TPSA) is 75.7 Å². The summed E-state index contributed by atoms with van der Waals surface area (Å²) >= 11 is 1.23. The molecule has 0 radical (unpaired) electrons. The number of benzene rings is 2. The first-order valence-corrected chi connectivity index (χ1v) is 10.7. The maximum absolute atomic E-state index is 13.3. The van der Waals surface area contributed by atoms with Gasteiger partial charge in [-0.05, 0) is 54.8 Å². The SMILES string of the molecule is CCOc1ccc(NC(=O)c2cc3cc(F)ccc3s2)cc1S(=O)(=O)N(C)C. The number of carbonyl (C=O) groups excluding carboxylic acids is 1. The van der Waals surface area contributed by atoms with Gasteiger partial charge in [0.2, 0.25) is 10.0 Å². The number of carbonyl (C=O) groups is 1. The summed E-state index contributed by atoms with van der Waals surface area (Å²) in [4.78, 5) is 13.0. The Bertz CT molecular complexity index is 1140. The lowest BCUT2D eigenvalue weighted by Crippen LogP contribution is -2.23. The second-order valence-electron chi connectivity index (χ2n) is 6.13. The molecule has 1 heterocycles. The van der Waals surface area contributed by atoms with Crippen LogP contribution in [0.5, 0.6) is 5.75 Å². The van der Waals surface area contributed by atoms with E-state index in [0.29, 0.717) is 22.6 Å². The zero-order valence-electron chi connectivity index (χ0n) is 15.5. The van der Waals surface area contributed by atoms with Crippen LogP contribution in [0, 0.1) is 5.82 Å². The Morgan fingerprint density at radius 1 is 1.18 bits per heavy atom. The Morgan fingerprint density at radius 3 is 2.61 bits per heavy atom. The molecule has 1 N–H and O–H groups in total. The van der Waals surface area contributed by atoms with E-state index in [9.17, 15) is 17.6 Å². The van der Waals surface area contributed by atoms with Gasteiger partial charge in [0.25, 0.3) is 5.91 Å². The summed E-state index contributed by atoms with van der Waals surface area (Å²) in [5.41, 5.74) is 0.317. The van der Waals surface area contributed by atoms with E-state index < -0.39 is 15.9 Å². The molecule has 0 aliphatic rings. The van der Waals surface area contributed by atoms with Crippen molar-refractivity contribution < 1.29 is 22.3 Å². The average molecular weight is 423 g/mol. The summed E-state index contributed by atoms with van der Waals surface area (Å²) < 4.78 is 45.8. The number of nitrogens with zero attached hydrogens (tertiary/aromatic N) is 1. The highest BCUT2D eigenvalue weighted by Gasteiger charge is 2.23. The number of nitrogens with one attached hydrogen (secondary N) is 1. The largest absolute Gasteiger partial charge is 0.492 e. The van der Waals surface area contributed by atoms with Gasteiger partial charge in [0.15, 0.2) is 0 Å². The summed E-state index contributed by atoms with van der Waals surface area (Å²) in [7, 11) is -0.913. The van der Waals surface area contributed by atoms with Gasteiger partial charge in [0.1, 0.15) is 16.5 Å². The normalized spacial score (nSPS) is 11.8. The fourth-order valence-electron chi connectivity index (χ4n) is 2.58. The van der Waals surface area contributed by atoms with Crippen molar-refractivity contribution in [2.75, 3.05) is 26.0 Å². The smallest absolute Gasteiger partial charge is 0.265 e. The summed E-state index contributed by atoms with van der Waals surface area (Å²) in [5.74, 6) is -0.562. The van der Waals surface area contributed by atoms with Gasteiger partial charge in [-0.2, -0.15) is 0 Å². The van der Waals surface area contributed by atoms with Gasteiger partial charge in [0.05, 0.1) is 11.5 Å². The maximum Gasteiger partial charge on any atom is 0.265 e. The van der Waals surface area contributed by atoms with E-state index in [-0.39, 0.29) is 16.5 Å². The second kappa shape index (κ2) is 7.86. The van der Waals surface area contributed by atoms with Gasteiger partial charge < -0.3 is 10.1 Å². The van der Waals surface area contributed by atoms with Crippen molar-refractivity contribution in [3.8, 4) is 5.75 Å². The van der Waals surface area contributed by atoms with E-state index in [1.54, 1.807) is 25.1 Å². The predicted octanol–water partition coefficient (Wildman–Crippen LogP) is 3.94. The third-order valence-corrected chi connectivity index (χ3v) is 6.91. The molecule has 0 unspecified atom stereocenters. The monoisotopic (exact) mass is 422 g/mol. The molecule has 9 heteroatoms. The van der Waals surface area contributed by atoms with Crippen LogP contribution < -0.4 is 10.1 Å². The van der Waals surface area contributed by atoms with Gasteiger partial charge >= 0.3 is 0 Å². The van der Waals surface area contributed by atoms with E-state index >= 15 is 0 Å². The van der Waals surface area contributed by atoms with E-state index in [2.05, 4.69) is 5.32 Å². The number of amides is 1. The Morgan fingerprint density at radius 2 is 1.93 bits per heavy atom. The summed E-state index contributed by atoms with van der Waals surface area (Å²) in [6.45, 7) is 2.06. The zero-order chi connectivity index (χ0) is 20.5. The van der Waals surface area contributed by atoms with Gasteiger partial charge in [-0.3, -0.25) is 4.79 Å². The molecule has 3 rings (SSSR count). The highest BCUT2D eigenvalue weighted by molar-refractivity contribution is 7.89. The molecule has 0 spiro atoms. The number of rotatable bonds is 6. The van der Waals surface area contributed by atoms with E-state index in [4.69, 9.17) is 4.74 Å². The first-order valence-electron chi connectivity index (χ1n) is 8.42. The van der Waals surface area contributed by atoms with E-state index in [1.165, 1.54) is 49.7 Å². The third-order valence-electron chi connectivity index (χ3n) is 3.96. The Balaban J connectivity index is 1.93. The molecule has 1 amide bonds. The molecule has 0 bridgehead atoms. The van der Waals surface area contributed by atoms with Gasteiger partial charge in [-0.15, -0.1) is 11.3 Å². The lowest BCUT2D eigenvalue weighted by molar-refractivity contribution is 0.103. The first kappa shape index (κ1) is 20.2. The maximum atomic E-state index is 13.3. The predicted molar refractivity (Wildman–Crippen MR) is 108 cm³/mol. The van der Waals surface area contributed by atoms with Crippen LogP contribution in [0.25, 0.3) is 10.1 Å².